The molecule has 0 aliphatic carbocycles. The second-order valence-corrected chi connectivity index (χ2v) is 4.76. The van der Waals surface area contributed by atoms with Crippen LogP contribution in [0, 0.1) is 6.92 Å². The number of rotatable bonds is 5. The van der Waals surface area contributed by atoms with Crippen molar-refractivity contribution in [3.05, 3.63) is 35.7 Å². The van der Waals surface area contributed by atoms with E-state index < -0.39 is 0 Å². The zero-order valence-corrected chi connectivity index (χ0v) is 10.5. The van der Waals surface area contributed by atoms with E-state index in [0.29, 0.717) is 13.1 Å². The number of aryl methyl sites for hydroxylation is 1. The van der Waals surface area contributed by atoms with Crippen LogP contribution in [0.4, 0.5) is 0 Å². The fourth-order valence-corrected chi connectivity index (χ4v) is 2.42. The molecule has 2 aromatic rings. The zero-order chi connectivity index (χ0) is 12.1. The van der Waals surface area contributed by atoms with E-state index in [1.165, 1.54) is 10.5 Å². The predicted octanol–water partition coefficient (Wildman–Crippen LogP) is 1.23. The van der Waals surface area contributed by atoms with Gasteiger partial charge in [0.25, 0.3) is 0 Å². The fourth-order valence-electron chi connectivity index (χ4n) is 1.48. The molecular formula is C11H15N5S. The third-order valence-electron chi connectivity index (χ3n) is 2.30. The first-order valence-corrected chi connectivity index (χ1v) is 6.43. The maximum atomic E-state index is 5.49. The first-order valence-electron chi connectivity index (χ1n) is 5.44. The van der Waals surface area contributed by atoms with Crippen LogP contribution < -0.4 is 5.73 Å². The standard InChI is InChI=1S/C11H15N5S/c1-9-3-2-4-10(7-9)17-8-11-13-14-15-16(11)6-5-12/h2-4,7H,5-6,8,12H2,1H3. The van der Waals surface area contributed by atoms with Crippen LogP contribution in [0.3, 0.4) is 0 Å². The van der Waals surface area contributed by atoms with Crippen LogP contribution in [0.2, 0.25) is 0 Å². The molecule has 6 heteroatoms. The summed E-state index contributed by atoms with van der Waals surface area (Å²) in [5.41, 5.74) is 6.75. The summed E-state index contributed by atoms with van der Waals surface area (Å²) in [4.78, 5) is 1.23. The summed E-state index contributed by atoms with van der Waals surface area (Å²) in [7, 11) is 0. The highest BCUT2D eigenvalue weighted by Gasteiger charge is 2.05. The highest BCUT2D eigenvalue weighted by molar-refractivity contribution is 7.98. The molecule has 0 atom stereocenters. The van der Waals surface area contributed by atoms with Crippen molar-refractivity contribution >= 4 is 11.8 Å². The average molecular weight is 249 g/mol. The molecule has 5 nitrogen and oxygen atoms in total. The Kier molecular flexibility index (Phi) is 4.11. The van der Waals surface area contributed by atoms with Crippen LogP contribution in [0.1, 0.15) is 11.4 Å². The van der Waals surface area contributed by atoms with E-state index in [9.17, 15) is 0 Å². The average Bonchev–Trinajstić information content (AvgIpc) is 2.75. The maximum absolute atomic E-state index is 5.49. The van der Waals surface area contributed by atoms with Gasteiger partial charge in [-0.3, -0.25) is 0 Å². The van der Waals surface area contributed by atoms with Gasteiger partial charge in [0.2, 0.25) is 0 Å². The molecule has 0 radical (unpaired) electrons. The van der Waals surface area contributed by atoms with Crippen molar-refractivity contribution < 1.29 is 0 Å². The molecule has 0 fully saturated rings. The Bertz CT molecular complexity index is 482. The fraction of sp³-hybridized carbons (Fsp3) is 0.364. The molecule has 0 saturated carbocycles. The van der Waals surface area contributed by atoms with Gasteiger partial charge in [-0.2, -0.15) is 0 Å². The molecular weight excluding hydrogens is 234 g/mol. The van der Waals surface area contributed by atoms with Gasteiger partial charge in [-0.25, -0.2) is 4.68 Å². The van der Waals surface area contributed by atoms with E-state index in [1.807, 2.05) is 0 Å². The monoisotopic (exact) mass is 249 g/mol. The topological polar surface area (TPSA) is 69.6 Å². The quantitative estimate of drug-likeness (QED) is 0.807. The van der Waals surface area contributed by atoms with Crippen molar-refractivity contribution in [3.63, 3.8) is 0 Å². The van der Waals surface area contributed by atoms with E-state index in [0.717, 1.165) is 11.6 Å². The minimum absolute atomic E-state index is 0.549. The van der Waals surface area contributed by atoms with E-state index in [2.05, 4.69) is 46.7 Å². The lowest BCUT2D eigenvalue weighted by atomic mass is 10.2. The van der Waals surface area contributed by atoms with Gasteiger partial charge in [-0.15, -0.1) is 16.9 Å². The second-order valence-electron chi connectivity index (χ2n) is 3.71. The maximum Gasteiger partial charge on any atom is 0.161 e. The first-order chi connectivity index (χ1) is 8.29. The van der Waals surface area contributed by atoms with Crippen LogP contribution in [0.15, 0.2) is 29.2 Å². The van der Waals surface area contributed by atoms with Crippen molar-refractivity contribution in [1.29, 1.82) is 0 Å². The van der Waals surface area contributed by atoms with Crippen LogP contribution in [0.5, 0.6) is 0 Å². The highest BCUT2D eigenvalue weighted by Crippen LogP contribution is 2.22. The molecule has 90 valence electrons. The molecule has 17 heavy (non-hydrogen) atoms. The van der Waals surface area contributed by atoms with Crippen molar-refractivity contribution in [1.82, 2.24) is 20.2 Å². The van der Waals surface area contributed by atoms with Gasteiger partial charge in [0.05, 0.1) is 12.3 Å². The Labute approximate surface area is 104 Å². The summed E-state index contributed by atoms with van der Waals surface area (Å²) in [5.74, 6) is 1.62. The largest absolute Gasteiger partial charge is 0.329 e. The van der Waals surface area contributed by atoms with E-state index in [-0.39, 0.29) is 0 Å². The molecule has 0 aliphatic rings. The normalized spacial score (nSPS) is 10.7. The Morgan fingerprint density at radius 1 is 1.41 bits per heavy atom. The van der Waals surface area contributed by atoms with Crippen molar-refractivity contribution in [2.24, 2.45) is 5.73 Å². The lowest BCUT2D eigenvalue weighted by Crippen LogP contribution is -2.13. The van der Waals surface area contributed by atoms with E-state index in [1.54, 1.807) is 16.4 Å². The molecule has 0 saturated heterocycles. The van der Waals surface area contributed by atoms with E-state index in [4.69, 9.17) is 5.73 Å². The van der Waals surface area contributed by atoms with Crippen LogP contribution >= 0.6 is 11.8 Å². The third-order valence-corrected chi connectivity index (χ3v) is 3.29. The van der Waals surface area contributed by atoms with E-state index >= 15 is 0 Å². The van der Waals surface area contributed by atoms with Crippen molar-refractivity contribution in [2.45, 2.75) is 24.1 Å². The highest BCUT2D eigenvalue weighted by atomic mass is 32.2. The molecule has 0 spiro atoms. The first kappa shape index (κ1) is 12.1. The number of tetrazole rings is 1. The predicted molar refractivity (Wildman–Crippen MR) is 67.6 cm³/mol. The smallest absolute Gasteiger partial charge is 0.161 e. The third kappa shape index (κ3) is 3.28. The molecule has 0 amide bonds. The number of hydrogen-bond acceptors (Lipinski definition) is 5. The number of benzene rings is 1. The number of nitrogens with two attached hydrogens (primary N) is 1. The Morgan fingerprint density at radius 3 is 3.06 bits per heavy atom. The van der Waals surface area contributed by atoms with Gasteiger partial charge < -0.3 is 5.73 Å². The summed E-state index contributed by atoms with van der Waals surface area (Å²) < 4.78 is 1.75. The van der Waals surface area contributed by atoms with Gasteiger partial charge >= 0.3 is 0 Å². The minimum atomic E-state index is 0.549. The van der Waals surface area contributed by atoms with Gasteiger partial charge in [0.1, 0.15) is 0 Å². The van der Waals surface area contributed by atoms with Crippen molar-refractivity contribution in [2.75, 3.05) is 6.54 Å². The van der Waals surface area contributed by atoms with Crippen LogP contribution in [-0.2, 0) is 12.3 Å². The molecule has 0 bridgehead atoms. The summed E-state index contributed by atoms with van der Waals surface area (Å²) in [6, 6.07) is 8.39. The molecule has 0 unspecified atom stereocenters. The lowest BCUT2D eigenvalue weighted by molar-refractivity contribution is 0.582. The SMILES string of the molecule is Cc1cccc(SCc2nnnn2CCN)c1. The lowest BCUT2D eigenvalue weighted by Gasteiger charge is -2.03. The second kappa shape index (κ2) is 5.79. The number of aromatic nitrogens is 4. The molecule has 2 rings (SSSR count). The van der Waals surface area contributed by atoms with Gasteiger partial charge in [0, 0.05) is 11.4 Å². The van der Waals surface area contributed by atoms with Gasteiger partial charge in [-0.1, -0.05) is 17.7 Å². The van der Waals surface area contributed by atoms with Gasteiger partial charge in [0.15, 0.2) is 5.82 Å². The summed E-state index contributed by atoms with van der Waals surface area (Å²) in [6.45, 7) is 3.30. The molecule has 0 aliphatic heterocycles. The molecule has 1 aromatic heterocycles. The number of thioether (sulfide) groups is 1. The Morgan fingerprint density at radius 2 is 2.29 bits per heavy atom. The Balaban J connectivity index is 1.99. The van der Waals surface area contributed by atoms with Crippen molar-refractivity contribution in [3.8, 4) is 0 Å². The summed E-state index contributed by atoms with van der Waals surface area (Å²) in [5, 5.41) is 11.6. The minimum Gasteiger partial charge on any atom is -0.329 e. The van der Waals surface area contributed by atoms with Crippen LogP contribution in [-0.4, -0.2) is 26.8 Å². The number of nitrogens with zero attached hydrogens (tertiary/aromatic N) is 4. The van der Waals surface area contributed by atoms with Gasteiger partial charge in [-0.05, 0) is 29.5 Å². The number of hydrogen-bond donors (Lipinski definition) is 1. The summed E-state index contributed by atoms with van der Waals surface area (Å²) >= 11 is 1.73. The molecule has 1 heterocycles. The zero-order valence-electron chi connectivity index (χ0n) is 9.71. The summed E-state index contributed by atoms with van der Waals surface area (Å²) in [6.07, 6.45) is 0. The van der Waals surface area contributed by atoms with Crippen LogP contribution in [0.25, 0.3) is 0 Å². The Hall–Kier alpha value is -1.40. The molecule has 1 aromatic carbocycles. The molecule has 2 N–H and O–H groups in total.